The first kappa shape index (κ1) is 19.2. The molecule has 0 spiro atoms. The van der Waals surface area contributed by atoms with Crippen molar-refractivity contribution in [2.75, 3.05) is 5.09 Å². The van der Waals surface area contributed by atoms with Crippen molar-refractivity contribution in [1.29, 1.82) is 0 Å². The van der Waals surface area contributed by atoms with Gasteiger partial charge in [-0.25, -0.2) is 0 Å². The second kappa shape index (κ2) is 8.41. The summed E-state index contributed by atoms with van der Waals surface area (Å²) in [6, 6.07) is 23.5. The Morgan fingerprint density at radius 3 is 1.89 bits per heavy atom. The van der Waals surface area contributed by atoms with Gasteiger partial charge in [-0.3, -0.25) is 0 Å². The van der Waals surface area contributed by atoms with Crippen molar-refractivity contribution in [3.63, 3.8) is 0 Å². The lowest BCUT2D eigenvalue weighted by molar-refractivity contribution is -0.136. The zero-order valence-corrected chi connectivity index (χ0v) is 15.5. The summed E-state index contributed by atoms with van der Waals surface area (Å²) in [5, 5.41) is 5.10. The lowest BCUT2D eigenvalue weighted by Gasteiger charge is -2.23. The number of nitrogens with one attached hydrogen (secondary N) is 1. The van der Waals surface area contributed by atoms with E-state index in [1.165, 1.54) is 12.1 Å². The Morgan fingerprint density at radius 2 is 1.41 bits per heavy atom. The van der Waals surface area contributed by atoms with Crippen molar-refractivity contribution in [3.8, 4) is 0 Å². The molecule has 0 saturated heterocycles. The zero-order valence-electron chi connectivity index (χ0n) is 14.6. The minimum atomic E-state index is -4.44. The van der Waals surface area contributed by atoms with Gasteiger partial charge in [0.1, 0.15) is 0 Å². The molecule has 138 valence electrons. The third-order valence-electron chi connectivity index (χ3n) is 4.03. The Kier molecular flexibility index (Phi) is 5.98. The molecule has 3 rings (SSSR count). The predicted octanol–water partition coefficient (Wildman–Crippen LogP) is 5.89. The van der Waals surface area contributed by atoms with Gasteiger partial charge in [0.2, 0.25) is 0 Å². The minimum absolute atomic E-state index is 0.0918. The highest BCUT2D eigenvalue weighted by molar-refractivity contribution is 7.74. The normalized spacial score (nSPS) is 11.4. The van der Waals surface area contributed by atoms with Gasteiger partial charge in [0, 0.05) is 10.6 Å². The fraction of sp³-hybridized carbons (Fsp3) is 0.0909. The van der Waals surface area contributed by atoms with Crippen LogP contribution < -0.4 is 15.7 Å². The first-order valence-corrected chi connectivity index (χ1v) is 9.81. The number of anilines is 1. The summed E-state index contributed by atoms with van der Waals surface area (Å²) in [6.45, 7) is 3.60. The minimum Gasteiger partial charge on any atom is -0.356 e. The Bertz CT molecular complexity index is 853. The Hall–Kier alpha value is -2.58. The van der Waals surface area contributed by atoms with Gasteiger partial charge in [0.25, 0.3) is 0 Å². The summed E-state index contributed by atoms with van der Waals surface area (Å²) in [5.41, 5.74) is 0.0296. The van der Waals surface area contributed by atoms with Crippen LogP contribution in [0.5, 0.6) is 0 Å². The van der Waals surface area contributed by atoms with Crippen LogP contribution in [0.2, 0.25) is 0 Å². The Labute approximate surface area is 158 Å². The van der Waals surface area contributed by atoms with Crippen LogP contribution >= 0.6 is 8.07 Å². The number of rotatable bonds is 6. The largest absolute Gasteiger partial charge is 0.418 e. The molecule has 0 saturated carbocycles. The third kappa shape index (κ3) is 4.78. The van der Waals surface area contributed by atoms with Crippen molar-refractivity contribution in [1.82, 2.24) is 0 Å². The number of hydrogen-bond acceptors (Lipinski definition) is 1. The van der Waals surface area contributed by atoms with E-state index < -0.39 is 19.8 Å². The summed E-state index contributed by atoms with van der Waals surface area (Å²) < 4.78 is 41.0. The van der Waals surface area contributed by atoms with Gasteiger partial charge in [-0.05, 0) is 24.1 Å². The fourth-order valence-corrected chi connectivity index (χ4v) is 4.70. The van der Waals surface area contributed by atoms with Crippen molar-refractivity contribution in [3.05, 3.63) is 103 Å². The average Bonchev–Trinajstić information content (AvgIpc) is 2.68. The molecule has 5 heteroatoms. The van der Waals surface area contributed by atoms with Crippen LogP contribution in [0.25, 0.3) is 0 Å². The first-order valence-electron chi connectivity index (χ1n) is 8.47. The van der Waals surface area contributed by atoms with Crippen LogP contribution in [-0.4, -0.2) is 0 Å². The molecule has 0 atom stereocenters. The van der Waals surface area contributed by atoms with Crippen LogP contribution in [0.15, 0.2) is 91.5 Å². The number of halogens is 3. The summed E-state index contributed by atoms with van der Waals surface area (Å²) >= 11 is 0. The molecule has 0 bridgehead atoms. The molecule has 0 amide bonds. The molecular weight excluding hydrogens is 366 g/mol. The van der Waals surface area contributed by atoms with Crippen molar-refractivity contribution in [2.45, 2.75) is 12.6 Å². The van der Waals surface area contributed by atoms with Crippen LogP contribution in [0.3, 0.4) is 0 Å². The monoisotopic (exact) mass is 385 g/mol. The van der Waals surface area contributed by atoms with Crippen LogP contribution in [0.1, 0.15) is 11.1 Å². The molecule has 0 aliphatic heterocycles. The molecule has 0 aromatic heterocycles. The number of allylic oxidation sites excluding steroid dienone is 1. The topological polar surface area (TPSA) is 12.0 Å². The standard InChI is InChI=1S/C22H19F3NP/c1-2-9-17-14-15-21(20(16-17)22(23,24)25)26-27(18-10-5-3-6-11-18)19-12-7-4-8-13-19/h2-8,10-16,26H,1,9H2. The second-order valence-corrected chi connectivity index (χ2v) is 7.92. The summed E-state index contributed by atoms with van der Waals surface area (Å²) in [6.07, 6.45) is -2.44. The lowest BCUT2D eigenvalue weighted by Crippen LogP contribution is -2.19. The van der Waals surface area contributed by atoms with Crippen LogP contribution in [-0.2, 0) is 12.6 Å². The molecular formula is C22H19F3NP. The van der Waals surface area contributed by atoms with Gasteiger partial charge in [0.05, 0.1) is 19.3 Å². The maximum atomic E-state index is 13.7. The van der Waals surface area contributed by atoms with Crippen molar-refractivity contribution < 1.29 is 13.2 Å². The third-order valence-corrected chi connectivity index (χ3v) is 6.12. The zero-order chi connectivity index (χ0) is 19.3. The van der Waals surface area contributed by atoms with Gasteiger partial charge >= 0.3 is 6.18 Å². The molecule has 0 unspecified atom stereocenters. The lowest BCUT2D eigenvalue weighted by atomic mass is 10.1. The van der Waals surface area contributed by atoms with Crippen LogP contribution in [0, 0.1) is 0 Å². The molecule has 0 heterocycles. The van der Waals surface area contributed by atoms with E-state index in [2.05, 4.69) is 11.7 Å². The Balaban J connectivity index is 2.05. The molecule has 3 aromatic rings. The van der Waals surface area contributed by atoms with E-state index in [1.807, 2.05) is 60.7 Å². The van der Waals surface area contributed by atoms with Gasteiger partial charge in [0.15, 0.2) is 0 Å². The van der Waals surface area contributed by atoms with E-state index in [-0.39, 0.29) is 5.69 Å². The quantitative estimate of drug-likeness (QED) is 0.412. The summed E-state index contributed by atoms with van der Waals surface area (Å²) in [7, 11) is -1.18. The number of alkyl halides is 3. The molecule has 0 aliphatic rings. The SMILES string of the molecule is C=CCc1ccc(NP(c2ccccc2)c2ccccc2)c(C(F)(F)F)c1. The number of hydrogen-bond donors (Lipinski definition) is 1. The van der Waals surface area contributed by atoms with Gasteiger partial charge in [-0.15, -0.1) is 6.58 Å². The first-order chi connectivity index (χ1) is 13.0. The van der Waals surface area contributed by atoms with Gasteiger partial charge < -0.3 is 5.09 Å². The molecule has 0 radical (unpaired) electrons. The van der Waals surface area contributed by atoms with Gasteiger partial charge in [-0.2, -0.15) is 13.2 Å². The highest BCUT2D eigenvalue weighted by Gasteiger charge is 2.34. The molecule has 0 fully saturated rings. The van der Waals surface area contributed by atoms with Crippen molar-refractivity contribution >= 4 is 24.4 Å². The average molecular weight is 385 g/mol. The summed E-state index contributed by atoms with van der Waals surface area (Å²) in [4.78, 5) is 0. The molecule has 3 aromatic carbocycles. The maximum absolute atomic E-state index is 13.7. The Morgan fingerprint density at radius 1 is 0.852 bits per heavy atom. The molecule has 1 nitrogen and oxygen atoms in total. The molecule has 0 aliphatic carbocycles. The van der Waals surface area contributed by atoms with E-state index in [9.17, 15) is 13.2 Å². The summed E-state index contributed by atoms with van der Waals surface area (Å²) in [5.74, 6) is 0. The van der Waals surface area contributed by atoms with E-state index in [4.69, 9.17) is 0 Å². The smallest absolute Gasteiger partial charge is 0.356 e. The highest BCUT2D eigenvalue weighted by atomic mass is 31.1. The maximum Gasteiger partial charge on any atom is 0.418 e. The van der Waals surface area contributed by atoms with Crippen LogP contribution in [0.4, 0.5) is 18.9 Å². The highest BCUT2D eigenvalue weighted by Crippen LogP contribution is 2.41. The van der Waals surface area contributed by atoms with E-state index in [0.717, 1.165) is 10.6 Å². The molecule has 27 heavy (non-hydrogen) atoms. The fourth-order valence-electron chi connectivity index (χ4n) is 2.77. The second-order valence-electron chi connectivity index (χ2n) is 5.99. The van der Waals surface area contributed by atoms with E-state index in [0.29, 0.717) is 12.0 Å². The van der Waals surface area contributed by atoms with Gasteiger partial charge in [-0.1, -0.05) is 72.8 Å². The van der Waals surface area contributed by atoms with E-state index in [1.54, 1.807) is 12.1 Å². The van der Waals surface area contributed by atoms with E-state index >= 15 is 0 Å². The van der Waals surface area contributed by atoms with Crippen molar-refractivity contribution in [2.24, 2.45) is 0 Å². The number of benzene rings is 3. The predicted molar refractivity (Wildman–Crippen MR) is 108 cm³/mol. The molecule has 1 N–H and O–H groups in total.